The van der Waals surface area contributed by atoms with Gasteiger partial charge >= 0.3 is 5.97 Å². The van der Waals surface area contributed by atoms with Crippen molar-refractivity contribution in [2.24, 2.45) is 11.3 Å². The van der Waals surface area contributed by atoms with E-state index >= 15 is 0 Å². The molecule has 4 heteroatoms. The van der Waals surface area contributed by atoms with Crippen LogP contribution >= 0.6 is 0 Å². The first kappa shape index (κ1) is 16.7. The maximum atomic E-state index is 11.7. The third-order valence-electron chi connectivity index (χ3n) is 4.67. The van der Waals surface area contributed by atoms with Crippen LogP contribution in [0.5, 0.6) is 0 Å². The molecule has 1 fully saturated rings. The fourth-order valence-corrected chi connectivity index (χ4v) is 3.86. The monoisotopic (exact) mass is 304 g/mol. The number of hydrogen-bond acceptors (Lipinski definition) is 4. The molecule has 0 spiro atoms. The number of hydrogen-bond donors (Lipinski definition) is 2. The second kappa shape index (κ2) is 6.19. The van der Waals surface area contributed by atoms with E-state index in [-0.39, 0.29) is 5.97 Å². The van der Waals surface area contributed by atoms with Gasteiger partial charge in [-0.1, -0.05) is 20.8 Å². The van der Waals surface area contributed by atoms with Crippen LogP contribution in [-0.4, -0.2) is 19.1 Å². The van der Waals surface area contributed by atoms with Gasteiger partial charge in [0.05, 0.1) is 24.0 Å². The maximum absolute atomic E-state index is 11.7. The number of carbonyl (C=O) groups excluding carboxylic acids is 1. The average molecular weight is 304 g/mol. The molecule has 0 bridgehead atoms. The number of rotatable bonds is 3. The minimum absolute atomic E-state index is 0.344. The van der Waals surface area contributed by atoms with Crippen LogP contribution < -0.4 is 11.1 Å². The van der Waals surface area contributed by atoms with E-state index in [2.05, 4.69) is 26.1 Å². The van der Waals surface area contributed by atoms with E-state index in [0.717, 1.165) is 24.1 Å². The number of nitrogens with one attached hydrogen (secondary N) is 1. The molecule has 3 N–H and O–H groups in total. The Morgan fingerprint density at radius 2 is 2.05 bits per heavy atom. The lowest BCUT2D eigenvalue weighted by Gasteiger charge is -2.39. The first-order valence-electron chi connectivity index (χ1n) is 7.97. The lowest BCUT2D eigenvalue weighted by molar-refractivity contribution is 0.0600. The van der Waals surface area contributed by atoms with Crippen LogP contribution in [0.15, 0.2) is 12.1 Å². The molecule has 1 aromatic carbocycles. The number of benzene rings is 1. The Hall–Kier alpha value is -1.71. The number of methoxy groups -OCH3 is 1. The molecule has 2 rings (SSSR count). The highest BCUT2D eigenvalue weighted by molar-refractivity contribution is 5.94. The molecular weight excluding hydrogens is 276 g/mol. The summed E-state index contributed by atoms with van der Waals surface area (Å²) in [6.45, 7) is 8.82. The van der Waals surface area contributed by atoms with Crippen LogP contribution in [0, 0.1) is 18.3 Å². The quantitative estimate of drug-likeness (QED) is 0.654. The Kier molecular flexibility index (Phi) is 4.69. The zero-order valence-electron chi connectivity index (χ0n) is 14.3. The van der Waals surface area contributed by atoms with E-state index in [4.69, 9.17) is 10.5 Å². The molecular formula is C18H28N2O2. The summed E-state index contributed by atoms with van der Waals surface area (Å²) >= 11 is 0. The molecule has 0 unspecified atom stereocenters. The standard InChI is InChI=1S/C18H28N2O2/c1-11-8-13(10-18(3,4)9-11)20-15-7-6-14(17(21)22-5)12(2)16(15)19/h6-7,11,13,20H,8-10,19H2,1-5H3/t11-,13-/m1/s1. The van der Waals surface area contributed by atoms with Gasteiger partial charge in [0, 0.05) is 6.04 Å². The zero-order valence-corrected chi connectivity index (χ0v) is 14.3. The van der Waals surface area contributed by atoms with Crippen molar-refractivity contribution in [3.05, 3.63) is 23.3 Å². The summed E-state index contributed by atoms with van der Waals surface area (Å²) < 4.78 is 4.79. The van der Waals surface area contributed by atoms with E-state index in [1.165, 1.54) is 13.5 Å². The van der Waals surface area contributed by atoms with Gasteiger partial charge in [-0.3, -0.25) is 0 Å². The number of nitrogens with two attached hydrogens (primary N) is 1. The second-order valence-corrected chi connectivity index (χ2v) is 7.45. The first-order valence-corrected chi connectivity index (χ1v) is 7.97. The maximum Gasteiger partial charge on any atom is 0.338 e. The Morgan fingerprint density at radius 1 is 1.36 bits per heavy atom. The highest BCUT2D eigenvalue weighted by atomic mass is 16.5. The third kappa shape index (κ3) is 3.54. The summed E-state index contributed by atoms with van der Waals surface area (Å²) in [6.07, 6.45) is 3.55. The van der Waals surface area contributed by atoms with Gasteiger partial charge in [-0.25, -0.2) is 4.79 Å². The zero-order chi connectivity index (χ0) is 16.5. The van der Waals surface area contributed by atoms with Gasteiger partial charge in [0.25, 0.3) is 0 Å². The molecule has 0 saturated heterocycles. The molecule has 1 aliphatic rings. The first-order chi connectivity index (χ1) is 10.2. The van der Waals surface area contributed by atoms with Gasteiger partial charge in [0.2, 0.25) is 0 Å². The number of nitrogen functional groups attached to an aromatic ring is 1. The van der Waals surface area contributed by atoms with E-state index in [1.54, 1.807) is 6.07 Å². The third-order valence-corrected chi connectivity index (χ3v) is 4.67. The van der Waals surface area contributed by atoms with Crippen molar-refractivity contribution in [1.82, 2.24) is 0 Å². The fourth-order valence-electron chi connectivity index (χ4n) is 3.86. The summed E-state index contributed by atoms with van der Waals surface area (Å²) in [7, 11) is 1.38. The highest BCUT2D eigenvalue weighted by Gasteiger charge is 2.32. The fraction of sp³-hybridized carbons (Fsp3) is 0.611. The van der Waals surface area contributed by atoms with Crippen LogP contribution in [0.1, 0.15) is 56.0 Å². The summed E-state index contributed by atoms with van der Waals surface area (Å²) in [6, 6.07) is 4.10. The molecule has 0 radical (unpaired) electrons. The molecule has 1 aromatic rings. The van der Waals surface area contributed by atoms with Crippen molar-refractivity contribution in [3.8, 4) is 0 Å². The predicted octanol–water partition coefficient (Wildman–Crippen LogP) is 3.99. The van der Waals surface area contributed by atoms with Crippen molar-refractivity contribution in [3.63, 3.8) is 0 Å². The summed E-state index contributed by atoms with van der Waals surface area (Å²) in [5.74, 6) is 0.362. The van der Waals surface area contributed by atoms with Crippen molar-refractivity contribution in [2.75, 3.05) is 18.2 Å². The summed E-state index contributed by atoms with van der Waals surface area (Å²) in [5, 5.41) is 3.58. The van der Waals surface area contributed by atoms with Crippen molar-refractivity contribution in [2.45, 2.75) is 53.0 Å². The molecule has 0 heterocycles. The molecule has 1 aliphatic carbocycles. The Bertz CT molecular complexity index is 566. The SMILES string of the molecule is COC(=O)c1ccc(N[C@@H]2C[C@@H](C)CC(C)(C)C2)c(N)c1C. The smallest absolute Gasteiger partial charge is 0.338 e. The average Bonchev–Trinajstić information content (AvgIpc) is 2.41. The van der Waals surface area contributed by atoms with Crippen molar-refractivity contribution < 1.29 is 9.53 Å². The number of anilines is 2. The molecule has 4 nitrogen and oxygen atoms in total. The normalized spacial score (nSPS) is 23.9. The second-order valence-electron chi connectivity index (χ2n) is 7.45. The van der Waals surface area contributed by atoms with Crippen LogP contribution in [0.3, 0.4) is 0 Å². The van der Waals surface area contributed by atoms with Crippen LogP contribution in [0.25, 0.3) is 0 Å². The lowest BCUT2D eigenvalue weighted by atomic mass is 9.70. The number of ether oxygens (including phenoxy) is 1. The highest BCUT2D eigenvalue weighted by Crippen LogP contribution is 2.40. The van der Waals surface area contributed by atoms with Crippen LogP contribution in [-0.2, 0) is 4.74 Å². The summed E-state index contributed by atoms with van der Waals surface area (Å²) in [4.78, 5) is 11.7. The predicted molar refractivity (Wildman–Crippen MR) is 91.1 cm³/mol. The van der Waals surface area contributed by atoms with Crippen LogP contribution in [0.4, 0.5) is 11.4 Å². The van der Waals surface area contributed by atoms with Gasteiger partial charge in [-0.2, -0.15) is 0 Å². The van der Waals surface area contributed by atoms with Gasteiger partial charge < -0.3 is 15.8 Å². The van der Waals surface area contributed by atoms with E-state index in [1.807, 2.05) is 13.0 Å². The van der Waals surface area contributed by atoms with Gasteiger partial charge in [0.1, 0.15) is 0 Å². The molecule has 22 heavy (non-hydrogen) atoms. The van der Waals surface area contributed by atoms with Crippen molar-refractivity contribution >= 4 is 17.3 Å². The molecule has 2 atom stereocenters. The molecule has 0 aromatic heterocycles. The van der Waals surface area contributed by atoms with Gasteiger partial charge in [-0.15, -0.1) is 0 Å². The lowest BCUT2D eigenvalue weighted by Crippen LogP contribution is -2.35. The largest absolute Gasteiger partial charge is 0.465 e. The number of carbonyl (C=O) groups is 1. The van der Waals surface area contributed by atoms with Crippen molar-refractivity contribution in [1.29, 1.82) is 0 Å². The minimum Gasteiger partial charge on any atom is -0.465 e. The Morgan fingerprint density at radius 3 is 2.64 bits per heavy atom. The molecule has 1 saturated carbocycles. The summed E-state index contributed by atoms with van der Waals surface area (Å²) in [5.41, 5.74) is 9.44. The van der Waals surface area contributed by atoms with E-state index in [9.17, 15) is 4.79 Å². The minimum atomic E-state index is -0.344. The van der Waals surface area contributed by atoms with E-state index in [0.29, 0.717) is 28.6 Å². The van der Waals surface area contributed by atoms with Crippen LogP contribution in [0.2, 0.25) is 0 Å². The number of esters is 1. The van der Waals surface area contributed by atoms with Gasteiger partial charge in [0.15, 0.2) is 0 Å². The molecule has 0 amide bonds. The Balaban J connectivity index is 2.20. The van der Waals surface area contributed by atoms with E-state index < -0.39 is 0 Å². The molecule has 0 aliphatic heterocycles. The molecule has 122 valence electrons. The topological polar surface area (TPSA) is 64.3 Å². The Labute approximate surface area is 133 Å². The van der Waals surface area contributed by atoms with Gasteiger partial charge in [-0.05, 0) is 55.2 Å².